The van der Waals surface area contributed by atoms with Crippen LogP contribution in [0.25, 0.3) is 0 Å². The lowest BCUT2D eigenvalue weighted by Crippen LogP contribution is -2.47. The standard InChI is InChI=1S/C26H41N5O2/c1-5-15-31(3,4)16-14-29-26(33)23(17-21-10-8-7-9-11-21)18-22(6-2)25(32)28-13-12-24-19-27-20-30-24/h7-11,19-20,22-23H,5-6,12-18H2,1-4H3,(H2-,27,28,29,30,32,33)/p+1. The number of H-pyrrole nitrogens is 1. The van der Waals surface area contributed by atoms with Crippen LogP contribution in [0.3, 0.4) is 0 Å². The van der Waals surface area contributed by atoms with E-state index >= 15 is 0 Å². The number of amides is 2. The van der Waals surface area contributed by atoms with Crippen molar-refractivity contribution in [2.75, 3.05) is 40.3 Å². The number of benzene rings is 1. The fraction of sp³-hybridized carbons (Fsp3) is 0.577. The molecule has 7 heteroatoms. The van der Waals surface area contributed by atoms with Gasteiger partial charge in [-0.05, 0) is 31.2 Å². The molecule has 0 saturated carbocycles. The minimum Gasteiger partial charge on any atom is -0.355 e. The zero-order chi connectivity index (χ0) is 24.1. The molecule has 0 bridgehead atoms. The summed E-state index contributed by atoms with van der Waals surface area (Å²) in [5.74, 6) is -0.376. The largest absolute Gasteiger partial charge is 0.355 e. The average molecular weight is 457 g/mol. The number of hydrogen-bond donors (Lipinski definition) is 3. The van der Waals surface area contributed by atoms with Crippen LogP contribution in [0.1, 0.15) is 44.4 Å². The molecule has 182 valence electrons. The lowest BCUT2D eigenvalue weighted by molar-refractivity contribution is -0.889. The van der Waals surface area contributed by atoms with Crippen LogP contribution in [0.4, 0.5) is 0 Å². The number of imidazole rings is 1. The summed E-state index contributed by atoms with van der Waals surface area (Å²) in [6.45, 7) is 7.37. The fourth-order valence-corrected chi connectivity index (χ4v) is 4.21. The third kappa shape index (κ3) is 9.78. The Morgan fingerprint density at radius 3 is 2.33 bits per heavy atom. The zero-order valence-electron chi connectivity index (χ0n) is 20.8. The first-order valence-corrected chi connectivity index (χ1v) is 12.2. The Kier molecular flexibility index (Phi) is 11.1. The molecule has 2 amide bonds. The van der Waals surface area contributed by atoms with E-state index in [2.05, 4.69) is 41.6 Å². The van der Waals surface area contributed by atoms with Crippen LogP contribution in [0.5, 0.6) is 0 Å². The van der Waals surface area contributed by atoms with Gasteiger partial charge in [-0.3, -0.25) is 9.59 Å². The first-order chi connectivity index (χ1) is 15.8. The van der Waals surface area contributed by atoms with Gasteiger partial charge in [0.25, 0.3) is 0 Å². The summed E-state index contributed by atoms with van der Waals surface area (Å²) in [4.78, 5) is 33.1. The van der Waals surface area contributed by atoms with E-state index in [0.717, 1.165) is 35.3 Å². The normalized spacial score (nSPS) is 13.3. The highest BCUT2D eigenvalue weighted by molar-refractivity contribution is 5.82. The minimum absolute atomic E-state index is 0.0172. The molecule has 0 radical (unpaired) electrons. The molecule has 0 saturated heterocycles. The highest BCUT2D eigenvalue weighted by Crippen LogP contribution is 2.21. The van der Waals surface area contributed by atoms with Gasteiger partial charge in [0.05, 0.1) is 40.1 Å². The van der Waals surface area contributed by atoms with Gasteiger partial charge in [-0.1, -0.05) is 44.2 Å². The first-order valence-electron chi connectivity index (χ1n) is 12.2. The van der Waals surface area contributed by atoms with E-state index < -0.39 is 0 Å². The molecule has 0 aliphatic carbocycles. The third-order valence-corrected chi connectivity index (χ3v) is 6.22. The molecule has 0 fully saturated rings. The number of nitrogens with one attached hydrogen (secondary N) is 3. The van der Waals surface area contributed by atoms with Gasteiger partial charge in [-0.15, -0.1) is 0 Å². The molecule has 1 aromatic heterocycles. The van der Waals surface area contributed by atoms with E-state index in [9.17, 15) is 9.59 Å². The van der Waals surface area contributed by atoms with Gasteiger partial charge >= 0.3 is 0 Å². The highest BCUT2D eigenvalue weighted by atomic mass is 16.2. The van der Waals surface area contributed by atoms with Crippen LogP contribution in [0.15, 0.2) is 42.9 Å². The van der Waals surface area contributed by atoms with Crippen molar-refractivity contribution in [3.63, 3.8) is 0 Å². The van der Waals surface area contributed by atoms with Crippen molar-refractivity contribution in [1.29, 1.82) is 0 Å². The number of nitrogens with zero attached hydrogens (tertiary/aromatic N) is 2. The number of aromatic nitrogens is 2. The number of quaternary nitrogens is 1. The Hall–Kier alpha value is -2.67. The van der Waals surface area contributed by atoms with Crippen molar-refractivity contribution < 1.29 is 14.1 Å². The van der Waals surface area contributed by atoms with Gasteiger partial charge in [0.1, 0.15) is 0 Å². The second kappa shape index (κ2) is 13.8. The van der Waals surface area contributed by atoms with Crippen LogP contribution >= 0.6 is 0 Å². The van der Waals surface area contributed by atoms with Crippen molar-refractivity contribution in [3.05, 3.63) is 54.1 Å². The lowest BCUT2D eigenvalue weighted by Gasteiger charge is -2.30. The summed E-state index contributed by atoms with van der Waals surface area (Å²) in [5, 5.41) is 6.19. The Bertz CT molecular complexity index is 820. The smallest absolute Gasteiger partial charge is 0.223 e. The van der Waals surface area contributed by atoms with Gasteiger partial charge in [-0.2, -0.15) is 0 Å². The highest BCUT2D eigenvalue weighted by Gasteiger charge is 2.27. The number of carbonyl (C=O) groups is 2. The van der Waals surface area contributed by atoms with Crippen molar-refractivity contribution in [2.45, 2.75) is 46.0 Å². The van der Waals surface area contributed by atoms with Crippen LogP contribution in [-0.2, 0) is 22.4 Å². The maximum Gasteiger partial charge on any atom is 0.223 e. The quantitative estimate of drug-likeness (QED) is 0.360. The SMILES string of the molecule is CCC[N+](C)(C)CCNC(=O)C(Cc1ccccc1)CC(CC)C(=O)NCCc1cnc[nH]1. The molecule has 1 aromatic carbocycles. The van der Waals surface area contributed by atoms with E-state index in [1.54, 1.807) is 12.5 Å². The van der Waals surface area contributed by atoms with E-state index in [0.29, 0.717) is 38.8 Å². The topological polar surface area (TPSA) is 86.9 Å². The monoisotopic (exact) mass is 456 g/mol. The first kappa shape index (κ1) is 26.6. The van der Waals surface area contributed by atoms with E-state index in [1.165, 1.54) is 0 Å². The summed E-state index contributed by atoms with van der Waals surface area (Å²) >= 11 is 0. The molecule has 33 heavy (non-hydrogen) atoms. The number of rotatable bonds is 15. The molecule has 3 N–H and O–H groups in total. The van der Waals surface area contributed by atoms with Crippen LogP contribution in [-0.4, -0.2) is 66.5 Å². The summed E-state index contributed by atoms with van der Waals surface area (Å²) in [6.07, 6.45) is 7.12. The molecule has 7 nitrogen and oxygen atoms in total. The van der Waals surface area contributed by atoms with Gasteiger partial charge < -0.3 is 20.1 Å². The van der Waals surface area contributed by atoms with Gasteiger partial charge in [-0.25, -0.2) is 4.98 Å². The fourth-order valence-electron chi connectivity index (χ4n) is 4.21. The maximum atomic E-state index is 13.2. The minimum atomic E-state index is -0.238. The van der Waals surface area contributed by atoms with E-state index in [-0.39, 0.29) is 23.7 Å². The van der Waals surface area contributed by atoms with Crippen molar-refractivity contribution >= 4 is 11.8 Å². The van der Waals surface area contributed by atoms with Crippen molar-refractivity contribution in [2.24, 2.45) is 11.8 Å². The van der Waals surface area contributed by atoms with Crippen molar-refractivity contribution in [1.82, 2.24) is 20.6 Å². The van der Waals surface area contributed by atoms with Gasteiger partial charge in [0.15, 0.2) is 0 Å². The lowest BCUT2D eigenvalue weighted by atomic mass is 9.87. The molecule has 0 aliphatic heterocycles. The molecular weight excluding hydrogens is 414 g/mol. The van der Waals surface area contributed by atoms with Crippen LogP contribution in [0.2, 0.25) is 0 Å². The zero-order valence-corrected chi connectivity index (χ0v) is 20.8. The van der Waals surface area contributed by atoms with Gasteiger partial charge in [0, 0.05) is 36.7 Å². The molecule has 2 atom stereocenters. The van der Waals surface area contributed by atoms with E-state index in [1.807, 2.05) is 37.3 Å². The molecule has 0 aliphatic rings. The Labute approximate surface area is 199 Å². The molecule has 0 spiro atoms. The number of carbonyl (C=O) groups excluding carboxylic acids is 2. The second-order valence-corrected chi connectivity index (χ2v) is 9.52. The molecular formula is C26H42N5O2+. The molecule has 2 aromatic rings. The van der Waals surface area contributed by atoms with Gasteiger partial charge in [0.2, 0.25) is 11.8 Å². The third-order valence-electron chi connectivity index (χ3n) is 6.22. The van der Waals surface area contributed by atoms with Crippen LogP contribution in [0, 0.1) is 11.8 Å². The summed E-state index contributed by atoms with van der Waals surface area (Å²) in [7, 11) is 4.38. The number of likely N-dealkylation sites (N-methyl/N-ethyl adjacent to an activating group) is 1. The van der Waals surface area contributed by atoms with Crippen LogP contribution < -0.4 is 10.6 Å². The second-order valence-electron chi connectivity index (χ2n) is 9.52. The molecule has 2 rings (SSSR count). The predicted molar refractivity (Wildman–Crippen MR) is 132 cm³/mol. The van der Waals surface area contributed by atoms with Crippen molar-refractivity contribution in [3.8, 4) is 0 Å². The molecule has 2 unspecified atom stereocenters. The predicted octanol–water partition coefficient (Wildman–Crippen LogP) is 2.95. The summed E-state index contributed by atoms with van der Waals surface area (Å²) < 4.78 is 0.885. The average Bonchev–Trinajstić information content (AvgIpc) is 3.30. The molecule has 1 heterocycles. The summed E-state index contributed by atoms with van der Waals surface area (Å²) in [5.41, 5.74) is 2.11. The summed E-state index contributed by atoms with van der Waals surface area (Å²) in [6, 6.07) is 10.1. The number of hydrogen-bond acceptors (Lipinski definition) is 3. The Morgan fingerprint density at radius 1 is 1.00 bits per heavy atom. The Balaban J connectivity index is 1.97. The number of aromatic amines is 1. The van der Waals surface area contributed by atoms with E-state index in [4.69, 9.17) is 0 Å². The Morgan fingerprint density at radius 2 is 1.70 bits per heavy atom. The maximum absolute atomic E-state index is 13.2.